The number of ether oxygens (including phenoxy) is 5. The molecule has 44 heavy (non-hydrogen) atoms. The SMILES string of the molecule is C#C[C@@]12OSO[C@@H]1[C@@](CF)(COP(=O)(OCOC(=O)OC(C)C)OCOC(=O)OC(C)C)O[C@H]2n1cnc2c(N)ncnc21. The maximum absolute atomic E-state index is 15.0. The van der Waals surface area contributed by atoms with E-state index in [0.717, 1.165) is 0 Å². The molecule has 0 aliphatic carbocycles. The van der Waals surface area contributed by atoms with Gasteiger partial charge in [0.1, 0.15) is 18.5 Å². The number of nitrogens with zero attached hydrogens (tertiary/aromatic N) is 4. The van der Waals surface area contributed by atoms with Crippen molar-refractivity contribution < 1.29 is 64.2 Å². The van der Waals surface area contributed by atoms with Crippen molar-refractivity contribution in [3.8, 4) is 12.3 Å². The number of phosphoric acid groups is 1. The van der Waals surface area contributed by atoms with Crippen LogP contribution in [0.2, 0.25) is 0 Å². The Morgan fingerprint density at radius 2 is 1.77 bits per heavy atom. The smallest absolute Gasteiger partial charge is 0.432 e. The number of anilines is 1. The van der Waals surface area contributed by atoms with Gasteiger partial charge < -0.3 is 29.4 Å². The predicted octanol–water partition coefficient (Wildman–Crippen LogP) is 3.19. The number of phosphoric ester groups is 1. The monoisotopic (exact) mass is 665 g/mol. The van der Waals surface area contributed by atoms with Crippen LogP contribution in [0.15, 0.2) is 12.7 Å². The minimum atomic E-state index is -4.82. The van der Waals surface area contributed by atoms with Gasteiger partial charge in [-0.25, -0.2) is 42.5 Å². The van der Waals surface area contributed by atoms with Gasteiger partial charge in [0, 0.05) is 0 Å². The molecular weight excluding hydrogens is 636 g/mol. The standard InChI is InChI=1S/C23H29FN5O13PS/c1-6-23-18(41-44-42-23)22(7-24,40-19(23)29-10-28-15-16(25)26-9-27-17(15)29)8-35-43(32,36-11-33-20(30)38-13(2)3)37-12-34-21(31)39-14(4)5/h1,9-10,13-14,18-19H,7-8,11-12H2,2-5H3,(H2,25,26,27)/t18-,19-,22-,23-/m1/s1. The molecule has 0 radical (unpaired) electrons. The van der Waals surface area contributed by atoms with Crippen molar-refractivity contribution in [2.24, 2.45) is 0 Å². The number of carbonyl (C=O) groups is 2. The van der Waals surface area contributed by atoms with Crippen LogP contribution in [-0.4, -0.2) is 88.2 Å². The number of nitrogen functional groups attached to an aromatic ring is 1. The first-order valence-electron chi connectivity index (χ1n) is 12.7. The lowest BCUT2D eigenvalue weighted by atomic mass is 9.87. The molecule has 2 saturated heterocycles. The number of terminal acetylenes is 1. The summed E-state index contributed by atoms with van der Waals surface area (Å²) in [6.07, 6.45) is 2.26. The van der Waals surface area contributed by atoms with E-state index in [-0.39, 0.29) is 17.0 Å². The van der Waals surface area contributed by atoms with Crippen molar-refractivity contribution in [3.63, 3.8) is 0 Å². The van der Waals surface area contributed by atoms with E-state index in [0.29, 0.717) is 12.3 Å². The summed E-state index contributed by atoms with van der Waals surface area (Å²) in [6.45, 7) is 2.05. The van der Waals surface area contributed by atoms with Gasteiger partial charge in [-0.3, -0.25) is 17.5 Å². The van der Waals surface area contributed by atoms with Crippen molar-refractivity contribution in [2.75, 3.05) is 32.6 Å². The maximum Gasteiger partial charge on any atom is 0.510 e. The molecule has 18 nitrogen and oxygen atoms in total. The van der Waals surface area contributed by atoms with E-state index < -0.39 is 82.7 Å². The van der Waals surface area contributed by atoms with Gasteiger partial charge in [-0.1, -0.05) is 5.92 Å². The van der Waals surface area contributed by atoms with E-state index in [1.807, 2.05) is 0 Å². The van der Waals surface area contributed by atoms with Crippen LogP contribution >= 0.6 is 20.1 Å². The molecule has 2 N–H and O–H groups in total. The van der Waals surface area contributed by atoms with Gasteiger partial charge in [0.25, 0.3) is 0 Å². The molecule has 2 aliphatic heterocycles. The van der Waals surface area contributed by atoms with Crippen LogP contribution in [0.25, 0.3) is 11.2 Å². The Bertz CT molecular complexity index is 1410. The summed E-state index contributed by atoms with van der Waals surface area (Å²) >= 11 is 0.484. The molecule has 242 valence electrons. The first kappa shape index (κ1) is 33.6. The first-order chi connectivity index (χ1) is 20.9. The summed E-state index contributed by atoms with van der Waals surface area (Å²) in [5, 5.41) is 0. The number of carbonyl (C=O) groups excluding carboxylic acids is 2. The van der Waals surface area contributed by atoms with Crippen molar-refractivity contribution in [3.05, 3.63) is 12.7 Å². The number of hydrogen-bond acceptors (Lipinski definition) is 18. The van der Waals surface area contributed by atoms with Crippen LogP contribution < -0.4 is 5.73 Å². The fraction of sp³-hybridized carbons (Fsp3) is 0.609. The molecule has 4 heterocycles. The number of halogens is 1. The van der Waals surface area contributed by atoms with Gasteiger partial charge in [0.2, 0.25) is 19.2 Å². The molecule has 4 rings (SSSR count). The van der Waals surface area contributed by atoms with Crippen LogP contribution in [0.3, 0.4) is 0 Å². The van der Waals surface area contributed by atoms with Crippen molar-refractivity contribution in [2.45, 2.75) is 63.4 Å². The minimum Gasteiger partial charge on any atom is -0.432 e. The fourth-order valence-electron chi connectivity index (χ4n) is 4.01. The lowest BCUT2D eigenvalue weighted by Gasteiger charge is -2.30. The third kappa shape index (κ3) is 7.00. The zero-order valence-electron chi connectivity index (χ0n) is 23.8. The van der Waals surface area contributed by atoms with Gasteiger partial charge in [0.05, 0.1) is 25.1 Å². The highest BCUT2D eigenvalue weighted by molar-refractivity contribution is 7.90. The molecule has 0 unspecified atom stereocenters. The molecule has 2 aromatic rings. The van der Waals surface area contributed by atoms with E-state index in [2.05, 4.69) is 20.9 Å². The number of nitrogens with two attached hydrogens (primary N) is 1. The number of aromatic nitrogens is 4. The third-order valence-corrected chi connectivity index (χ3v) is 7.79. The van der Waals surface area contributed by atoms with E-state index in [4.69, 9.17) is 57.8 Å². The Hall–Kier alpha value is -3.28. The summed E-state index contributed by atoms with van der Waals surface area (Å²) in [4.78, 5) is 35.7. The minimum absolute atomic E-state index is 0.0605. The molecule has 21 heteroatoms. The van der Waals surface area contributed by atoms with Gasteiger partial charge in [0.15, 0.2) is 41.7 Å². The third-order valence-electron chi connectivity index (χ3n) is 5.89. The van der Waals surface area contributed by atoms with Crippen molar-refractivity contribution in [1.82, 2.24) is 19.5 Å². The zero-order valence-corrected chi connectivity index (χ0v) is 25.5. The second-order valence-corrected chi connectivity index (χ2v) is 11.8. The van der Waals surface area contributed by atoms with E-state index in [1.54, 1.807) is 27.7 Å². The van der Waals surface area contributed by atoms with Crippen LogP contribution in [0.4, 0.5) is 19.8 Å². The van der Waals surface area contributed by atoms with Crippen LogP contribution in [0, 0.1) is 12.3 Å². The Morgan fingerprint density at radius 3 is 2.34 bits per heavy atom. The first-order valence-corrected chi connectivity index (χ1v) is 14.9. The summed E-state index contributed by atoms with van der Waals surface area (Å²) < 4.78 is 81.7. The van der Waals surface area contributed by atoms with E-state index in [1.165, 1.54) is 17.2 Å². The predicted molar refractivity (Wildman–Crippen MR) is 145 cm³/mol. The Balaban J connectivity index is 1.57. The van der Waals surface area contributed by atoms with Crippen LogP contribution in [-0.2, 0) is 50.2 Å². The van der Waals surface area contributed by atoms with E-state index >= 15 is 0 Å². The lowest BCUT2D eigenvalue weighted by Crippen LogP contribution is -2.52. The number of rotatable bonds is 13. The molecule has 2 aromatic heterocycles. The molecule has 0 saturated carbocycles. The number of hydrogen-bond donors (Lipinski definition) is 1. The highest BCUT2D eigenvalue weighted by Gasteiger charge is 2.71. The molecule has 0 amide bonds. The number of imidazole rings is 1. The van der Waals surface area contributed by atoms with Crippen molar-refractivity contribution in [1.29, 1.82) is 0 Å². The Morgan fingerprint density at radius 1 is 1.14 bits per heavy atom. The number of fused-ring (bicyclic) bond motifs is 2. The quantitative estimate of drug-likeness (QED) is 0.107. The van der Waals surface area contributed by atoms with Crippen molar-refractivity contribution >= 4 is 49.4 Å². The van der Waals surface area contributed by atoms with Gasteiger partial charge in [-0.15, -0.1) is 6.42 Å². The second-order valence-electron chi connectivity index (χ2n) is 9.65. The normalized spacial score (nSPS) is 24.8. The highest BCUT2D eigenvalue weighted by Crippen LogP contribution is 2.58. The molecule has 0 spiro atoms. The highest BCUT2D eigenvalue weighted by atomic mass is 32.2. The number of alkyl halides is 1. The van der Waals surface area contributed by atoms with Gasteiger partial charge in [-0.2, -0.15) is 0 Å². The average Bonchev–Trinajstić information content (AvgIpc) is 3.65. The summed E-state index contributed by atoms with van der Waals surface area (Å²) in [7, 11) is -4.82. The Labute approximate surface area is 254 Å². The summed E-state index contributed by atoms with van der Waals surface area (Å²) in [5.41, 5.74) is 2.39. The summed E-state index contributed by atoms with van der Waals surface area (Å²) in [5.74, 6) is 2.52. The fourth-order valence-corrected chi connectivity index (χ4v) is 5.74. The lowest BCUT2D eigenvalue weighted by molar-refractivity contribution is -0.137. The molecule has 0 aromatic carbocycles. The molecule has 2 fully saturated rings. The summed E-state index contributed by atoms with van der Waals surface area (Å²) in [6, 6.07) is 0. The van der Waals surface area contributed by atoms with Crippen LogP contribution in [0.1, 0.15) is 33.9 Å². The Kier molecular flexibility index (Phi) is 10.5. The van der Waals surface area contributed by atoms with Gasteiger partial charge >= 0.3 is 20.1 Å². The maximum atomic E-state index is 15.0. The molecule has 4 atom stereocenters. The van der Waals surface area contributed by atoms with Gasteiger partial charge in [-0.05, 0) is 27.7 Å². The molecule has 0 bridgehead atoms. The molecule has 2 aliphatic rings. The molecular formula is C23H29FN5O13PS. The van der Waals surface area contributed by atoms with E-state index in [9.17, 15) is 18.5 Å². The largest absolute Gasteiger partial charge is 0.510 e. The van der Waals surface area contributed by atoms with Crippen LogP contribution in [0.5, 0.6) is 0 Å². The zero-order chi connectivity index (χ0) is 32.1. The second kappa shape index (κ2) is 13.8. The average molecular weight is 666 g/mol. The topological polar surface area (TPSA) is 213 Å².